The number of benzene rings is 1. The van der Waals surface area contributed by atoms with Crippen LogP contribution in [0, 0.1) is 13.8 Å². The molecular weight excluding hydrogens is 348 g/mol. The molecule has 2 aromatic rings. The van der Waals surface area contributed by atoms with Crippen LogP contribution in [-0.2, 0) is 22.6 Å². The molecule has 1 heterocycles. The molecule has 0 unspecified atom stereocenters. The smallest absolute Gasteiger partial charge is 0.230 e. The number of hydrogen-bond donors (Lipinski definition) is 1. The fourth-order valence-electron chi connectivity index (χ4n) is 2.47. The molecule has 1 aromatic heterocycles. The predicted octanol–water partition coefficient (Wildman–Crippen LogP) is 2.62. The molecule has 7 heteroatoms. The van der Waals surface area contributed by atoms with Gasteiger partial charge in [-0.1, -0.05) is 23.9 Å². The molecule has 0 aliphatic rings. The van der Waals surface area contributed by atoms with Crippen LogP contribution in [0.25, 0.3) is 0 Å². The zero-order valence-electron chi connectivity index (χ0n) is 16.2. The first-order chi connectivity index (χ1) is 12.4. The summed E-state index contributed by atoms with van der Waals surface area (Å²) in [6.45, 7) is 5.92. The lowest BCUT2D eigenvalue weighted by Gasteiger charge is -2.13. The van der Waals surface area contributed by atoms with Gasteiger partial charge in [0.25, 0.3) is 0 Å². The van der Waals surface area contributed by atoms with E-state index in [1.165, 1.54) is 11.8 Å². The van der Waals surface area contributed by atoms with Crippen LogP contribution in [0.4, 0.5) is 5.69 Å². The number of aromatic nitrogens is 2. The van der Waals surface area contributed by atoms with E-state index in [0.717, 1.165) is 34.3 Å². The minimum atomic E-state index is 0.00304. The third kappa shape index (κ3) is 5.51. The number of hydrogen-bond acceptors (Lipinski definition) is 5. The minimum absolute atomic E-state index is 0.00304. The number of thioether (sulfide) groups is 1. The molecule has 0 aliphatic carbocycles. The van der Waals surface area contributed by atoms with E-state index < -0.39 is 0 Å². The highest BCUT2D eigenvalue weighted by molar-refractivity contribution is 7.99. The van der Waals surface area contributed by atoms with Gasteiger partial charge in [0.15, 0.2) is 5.16 Å². The van der Waals surface area contributed by atoms with E-state index in [1.807, 2.05) is 40.1 Å². The van der Waals surface area contributed by atoms with Gasteiger partial charge in [-0.25, -0.2) is 4.98 Å². The van der Waals surface area contributed by atoms with Crippen molar-refractivity contribution in [1.29, 1.82) is 0 Å². The monoisotopic (exact) mass is 376 g/mol. The molecule has 1 N–H and O–H groups in total. The van der Waals surface area contributed by atoms with Crippen molar-refractivity contribution in [3.63, 3.8) is 0 Å². The number of aryl methyl sites for hydroxylation is 1. The number of amides is 1. The second kappa shape index (κ2) is 9.64. The summed E-state index contributed by atoms with van der Waals surface area (Å²) in [5.74, 6) is 0.349. The van der Waals surface area contributed by atoms with Crippen molar-refractivity contribution >= 4 is 23.4 Å². The Kier molecular flexibility index (Phi) is 7.53. The van der Waals surface area contributed by atoms with Gasteiger partial charge < -0.3 is 19.5 Å². The van der Waals surface area contributed by atoms with Crippen LogP contribution in [-0.4, -0.2) is 49.0 Å². The molecule has 0 saturated carbocycles. The summed E-state index contributed by atoms with van der Waals surface area (Å²) in [4.78, 5) is 18.8. The third-order valence-electron chi connectivity index (χ3n) is 4.22. The number of rotatable bonds is 9. The molecule has 1 amide bonds. The molecule has 0 aliphatic heterocycles. The summed E-state index contributed by atoms with van der Waals surface area (Å²) in [6.07, 6.45) is 0. The van der Waals surface area contributed by atoms with E-state index in [0.29, 0.717) is 18.9 Å². The topological polar surface area (TPSA) is 59.4 Å². The van der Waals surface area contributed by atoms with Crippen molar-refractivity contribution in [3.05, 3.63) is 41.2 Å². The van der Waals surface area contributed by atoms with Gasteiger partial charge in [-0.2, -0.15) is 0 Å². The van der Waals surface area contributed by atoms with Gasteiger partial charge in [0.2, 0.25) is 5.91 Å². The van der Waals surface area contributed by atoms with Crippen LogP contribution in [0.3, 0.4) is 0 Å². The summed E-state index contributed by atoms with van der Waals surface area (Å²) in [7, 11) is 5.70. The highest BCUT2D eigenvalue weighted by Gasteiger charge is 2.13. The number of nitrogens with zero attached hydrogens (tertiary/aromatic N) is 3. The van der Waals surface area contributed by atoms with Crippen molar-refractivity contribution in [2.45, 2.75) is 32.1 Å². The van der Waals surface area contributed by atoms with E-state index >= 15 is 0 Å². The Balaban J connectivity index is 1.86. The number of imidazole rings is 1. The Morgan fingerprint density at radius 2 is 1.96 bits per heavy atom. The maximum Gasteiger partial charge on any atom is 0.230 e. The minimum Gasteiger partial charge on any atom is -0.383 e. The fourth-order valence-corrected chi connectivity index (χ4v) is 3.42. The molecular formula is C19H28N4O2S. The Morgan fingerprint density at radius 3 is 2.58 bits per heavy atom. The molecule has 0 bridgehead atoms. The molecule has 142 valence electrons. The second-order valence-electron chi connectivity index (χ2n) is 6.34. The van der Waals surface area contributed by atoms with Gasteiger partial charge in [-0.05, 0) is 31.5 Å². The number of methoxy groups -OCH3 is 1. The summed E-state index contributed by atoms with van der Waals surface area (Å²) in [5, 5.41) is 3.83. The lowest BCUT2D eigenvalue weighted by Crippen LogP contribution is -2.24. The summed E-state index contributed by atoms with van der Waals surface area (Å²) >= 11 is 1.46. The standard InChI is InChI=1S/C19H28N4O2S/c1-14-15(2)23(10-11-25-5)19(21-14)26-13-18(24)20-12-16-6-8-17(9-7-16)22(3)4/h6-9H,10-13H2,1-5H3,(H,20,24). The first kappa shape index (κ1) is 20.3. The molecule has 0 atom stereocenters. The van der Waals surface area contributed by atoms with Crippen LogP contribution in [0.15, 0.2) is 29.4 Å². The molecule has 0 saturated heterocycles. The molecule has 0 spiro atoms. The lowest BCUT2D eigenvalue weighted by atomic mass is 10.2. The highest BCUT2D eigenvalue weighted by Crippen LogP contribution is 2.21. The zero-order valence-corrected chi connectivity index (χ0v) is 17.0. The predicted molar refractivity (Wildman–Crippen MR) is 107 cm³/mol. The Hall–Kier alpha value is -1.99. The van der Waals surface area contributed by atoms with Gasteiger partial charge in [-0.3, -0.25) is 4.79 Å². The number of anilines is 1. The number of ether oxygens (including phenoxy) is 1. The van der Waals surface area contributed by atoms with Crippen LogP contribution in [0.2, 0.25) is 0 Å². The van der Waals surface area contributed by atoms with E-state index in [1.54, 1.807) is 7.11 Å². The second-order valence-corrected chi connectivity index (χ2v) is 7.28. The molecule has 0 fully saturated rings. The first-order valence-electron chi connectivity index (χ1n) is 8.60. The summed E-state index contributed by atoms with van der Waals surface area (Å²) in [5.41, 5.74) is 4.34. The zero-order chi connectivity index (χ0) is 19.1. The van der Waals surface area contributed by atoms with Crippen molar-refractivity contribution in [3.8, 4) is 0 Å². The summed E-state index contributed by atoms with van der Waals surface area (Å²) in [6, 6.07) is 8.17. The van der Waals surface area contributed by atoms with Crippen LogP contribution in [0.1, 0.15) is 17.0 Å². The number of nitrogens with one attached hydrogen (secondary N) is 1. The van der Waals surface area contributed by atoms with Crippen molar-refractivity contribution in [1.82, 2.24) is 14.9 Å². The average Bonchev–Trinajstić information content (AvgIpc) is 2.90. The van der Waals surface area contributed by atoms with Gasteiger partial charge in [0.1, 0.15) is 0 Å². The molecule has 1 aromatic carbocycles. The third-order valence-corrected chi connectivity index (χ3v) is 5.19. The maximum atomic E-state index is 12.2. The average molecular weight is 377 g/mol. The molecule has 2 rings (SSSR count). The van der Waals surface area contributed by atoms with Gasteiger partial charge in [-0.15, -0.1) is 0 Å². The summed E-state index contributed by atoms with van der Waals surface area (Å²) < 4.78 is 7.27. The van der Waals surface area contributed by atoms with Gasteiger partial charge in [0.05, 0.1) is 18.1 Å². The van der Waals surface area contributed by atoms with Crippen molar-refractivity contribution in [2.24, 2.45) is 0 Å². The van der Waals surface area contributed by atoms with Gasteiger partial charge in [0, 0.05) is 45.7 Å². The largest absolute Gasteiger partial charge is 0.383 e. The SMILES string of the molecule is COCCn1c(SCC(=O)NCc2ccc(N(C)C)cc2)nc(C)c1C. The molecule has 0 radical (unpaired) electrons. The highest BCUT2D eigenvalue weighted by atomic mass is 32.2. The normalized spacial score (nSPS) is 10.8. The Morgan fingerprint density at radius 1 is 1.27 bits per heavy atom. The number of carbonyl (C=O) groups excluding carboxylic acids is 1. The van der Waals surface area contributed by atoms with Crippen LogP contribution < -0.4 is 10.2 Å². The molecule has 6 nitrogen and oxygen atoms in total. The van der Waals surface area contributed by atoms with Crippen molar-refractivity contribution < 1.29 is 9.53 Å². The Bertz CT molecular complexity index is 726. The van der Waals surface area contributed by atoms with E-state index in [4.69, 9.17) is 4.74 Å². The van der Waals surface area contributed by atoms with Crippen LogP contribution >= 0.6 is 11.8 Å². The lowest BCUT2D eigenvalue weighted by molar-refractivity contribution is -0.118. The van der Waals surface area contributed by atoms with E-state index in [2.05, 4.69) is 31.9 Å². The van der Waals surface area contributed by atoms with Crippen LogP contribution in [0.5, 0.6) is 0 Å². The van der Waals surface area contributed by atoms with Crippen molar-refractivity contribution in [2.75, 3.05) is 38.5 Å². The quantitative estimate of drug-likeness (QED) is 0.682. The number of carbonyl (C=O) groups is 1. The van der Waals surface area contributed by atoms with E-state index in [-0.39, 0.29) is 5.91 Å². The first-order valence-corrected chi connectivity index (χ1v) is 9.59. The van der Waals surface area contributed by atoms with Gasteiger partial charge >= 0.3 is 0 Å². The fraction of sp³-hybridized carbons (Fsp3) is 0.474. The Labute approximate surface area is 159 Å². The maximum absolute atomic E-state index is 12.2. The molecule has 26 heavy (non-hydrogen) atoms. The van der Waals surface area contributed by atoms with E-state index in [9.17, 15) is 4.79 Å².